The number of hydrogen-bond donors (Lipinski definition) is 1. The van der Waals surface area contributed by atoms with Gasteiger partial charge in [0, 0.05) is 18.3 Å². The molecule has 0 amide bonds. The molecule has 1 saturated heterocycles. The van der Waals surface area contributed by atoms with Gasteiger partial charge in [0.1, 0.15) is 10.8 Å². The predicted molar refractivity (Wildman–Crippen MR) is 74.1 cm³/mol. The molecule has 6 nitrogen and oxygen atoms in total. The van der Waals surface area contributed by atoms with Crippen LogP contribution < -0.4 is 10.6 Å². The molecule has 2 rings (SSSR count). The number of anilines is 1. The average Bonchev–Trinajstić information content (AvgIpc) is 2.46. The van der Waals surface area contributed by atoms with Gasteiger partial charge in [0.15, 0.2) is 6.04 Å². The molecular formula is C12H15N3O3S. The molecule has 102 valence electrons. The predicted octanol–water partition coefficient (Wildman–Crippen LogP) is 0.0940. The first-order chi connectivity index (χ1) is 9.13. The van der Waals surface area contributed by atoms with E-state index in [1.807, 2.05) is 4.90 Å². The van der Waals surface area contributed by atoms with Gasteiger partial charge in [-0.1, -0.05) is 12.2 Å². The molecule has 0 bridgehead atoms. The zero-order chi connectivity index (χ0) is 13.8. The quantitative estimate of drug-likeness (QED) is 0.621. The maximum absolute atomic E-state index is 11.7. The number of pyridine rings is 1. The third-order valence-electron chi connectivity index (χ3n) is 2.93. The van der Waals surface area contributed by atoms with Crippen molar-refractivity contribution in [1.82, 2.24) is 4.98 Å². The van der Waals surface area contributed by atoms with Gasteiger partial charge in [0.05, 0.1) is 20.3 Å². The largest absolute Gasteiger partial charge is 0.467 e. The topological polar surface area (TPSA) is 77.7 Å². The van der Waals surface area contributed by atoms with E-state index < -0.39 is 6.04 Å². The molecular weight excluding hydrogens is 266 g/mol. The van der Waals surface area contributed by atoms with Crippen molar-refractivity contribution in [1.29, 1.82) is 0 Å². The lowest BCUT2D eigenvalue weighted by molar-refractivity contribution is -0.144. The average molecular weight is 281 g/mol. The normalized spacial score (nSPS) is 19.0. The summed E-state index contributed by atoms with van der Waals surface area (Å²) >= 11 is 4.88. The van der Waals surface area contributed by atoms with Gasteiger partial charge < -0.3 is 20.1 Å². The molecule has 1 aromatic heterocycles. The van der Waals surface area contributed by atoms with Crippen LogP contribution in [0.5, 0.6) is 0 Å². The number of hydrogen-bond acceptors (Lipinski definition) is 6. The smallest absolute Gasteiger partial charge is 0.330 e. The first-order valence-corrected chi connectivity index (χ1v) is 6.22. The molecule has 2 N–H and O–H groups in total. The SMILES string of the molecule is COC(=O)C1COCCN1c1ccc(C(N)=S)cn1. The molecule has 1 aliphatic rings. The second-order valence-corrected chi connectivity index (χ2v) is 4.52. The molecule has 0 saturated carbocycles. The molecule has 1 fully saturated rings. The van der Waals surface area contributed by atoms with Crippen molar-refractivity contribution in [2.75, 3.05) is 31.8 Å². The zero-order valence-electron chi connectivity index (χ0n) is 10.5. The molecule has 1 aromatic rings. The van der Waals surface area contributed by atoms with Crippen molar-refractivity contribution in [2.24, 2.45) is 5.73 Å². The van der Waals surface area contributed by atoms with Gasteiger partial charge in [-0.2, -0.15) is 0 Å². The number of methoxy groups -OCH3 is 1. The Bertz CT molecular complexity index is 478. The van der Waals surface area contributed by atoms with Crippen LogP contribution >= 0.6 is 12.2 Å². The molecule has 1 aliphatic heterocycles. The second-order valence-electron chi connectivity index (χ2n) is 4.08. The van der Waals surface area contributed by atoms with Crippen LogP contribution in [0.25, 0.3) is 0 Å². The molecule has 7 heteroatoms. The third-order valence-corrected chi connectivity index (χ3v) is 3.16. The minimum atomic E-state index is -0.470. The second kappa shape index (κ2) is 5.94. The fourth-order valence-electron chi connectivity index (χ4n) is 1.91. The maximum Gasteiger partial charge on any atom is 0.330 e. The summed E-state index contributed by atoms with van der Waals surface area (Å²) in [6.07, 6.45) is 1.60. The highest BCUT2D eigenvalue weighted by Crippen LogP contribution is 2.18. The van der Waals surface area contributed by atoms with Gasteiger partial charge in [-0.05, 0) is 12.1 Å². The summed E-state index contributed by atoms with van der Waals surface area (Å²) in [7, 11) is 1.36. The summed E-state index contributed by atoms with van der Waals surface area (Å²) in [5, 5.41) is 0. The lowest BCUT2D eigenvalue weighted by Crippen LogP contribution is -2.51. The van der Waals surface area contributed by atoms with Crippen LogP contribution in [0.15, 0.2) is 18.3 Å². The number of carbonyl (C=O) groups is 1. The molecule has 0 aliphatic carbocycles. The Morgan fingerprint density at radius 2 is 2.42 bits per heavy atom. The van der Waals surface area contributed by atoms with Crippen LogP contribution in [0.3, 0.4) is 0 Å². The molecule has 19 heavy (non-hydrogen) atoms. The van der Waals surface area contributed by atoms with E-state index in [2.05, 4.69) is 4.98 Å². The van der Waals surface area contributed by atoms with E-state index in [9.17, 15) is 4.79 Å². The van der Waals surface area contributed by atoms with Crippen molar-refractivity contribution in [3.05, 3.63) is 23.9 Å². The van der Waals surface area contributed by atoms with Crippen LogP contribution in [-0.4, -0.2) is 48.9 Å². The number of nitrogens with zero attached hydrogens (tertiary/aromatic N) is 2. The molecule has 0 aromatic carbocycles. The Kier molecular flexibility index (Phi) is 4.28. The number of ether oxygens (including phenoxy) is 2. The van der Waals surface area contributed by atoms with E-state index >= 15 is 0 Å². The zero-order valence-corrected chi connectivity index (χ0v) is 11.4. The summed E-state index contributed by atoms with van der Waals surface area (Å²) in [6, 6.07) is 3.10. The number of morpholine rings is 1. The van der Waals surface area contributed by atoms with E-state index in [-0.39, 0.29) is 5.97 Å². The highest BCUT2D eigenvalue weighted by Gasteiger charge is 2.31. The Labute approximate surface area is 116 Å². The third kappa shape index (κ3) is 2.99. The van der Waals surface area contributed by atoms with Crippen LogP contribution in [0.1, 0.15) is 5.56 Å². The standard InChI is InChI=1S/C12H15N3O3S/c1-17-12(16)9-7-18-5-4-15(9)10-3-2-8(6-14-10)11(13)19/h2-3,6,9H,4-5,7H2,1H3,(H2,13,19). The molecule has 1 atom stereocenters. The molecule has 1 unspecified atom stereocenters. The van der Waals surface area contributed by atoms with Gasteiger partial charge in [0.25, 0.3) is 0 Å². The number of nitrogens with two attached hydrogens (primary N) is 1. The van der Waals surface area contributed by atoms with Crippen molar-refractivity contribution in [2.45, 2.75) is 6.04 Å². The van der Waals surface area contributed by atoms with Crippen LogP contribution in [0, 0.1) is 0 Å². The fraction of sp³-hybridized carbons (Fsp3) is 0.417. The summed E-state index contributed by atoms with van der Waals surface area (Å²) in [5.74, 6) is 0.346. The van der Waals surface area contributed by atoms with Crippen molar-refractivity contribution in [3.8, 4) is 0 Å². The van der Waals surface area contributed by atoms with Crippen LogP contribution in [-0.2, 0) is 14.3 Å². The van der Waals surface area contributed by atoms with Crippen molar-refractivity contribution >= 4 is 29.0 Å². The van der Waals surface area contributed by atoms with Crippen molar-refractivity contribution in [3.63, 3.8) is 0 Å². The summed E-state index contributed by atoms with van der Waals surface area (Å²) in [4.78, 5) is 18.2. The number of aromatic nitrogens is 1. The lowest BCUT2D eigenvalue weighted by atomic mass is 10.2. The highest BCUT2D eigenvalue weighted by atomic mass is 32.1. The van der Waals surface area contributed by atoms with E-state index in [0.29, 0.717) is 36.1 Å². The Hall–Kier alpha value is -1.73. The summed E-state index contributed by atoms with van der Waals surface area (Å²) in [5.41, 5.74) is 6.22. The minimum Gasteiger partial charge on any atom is -0.467 e. The summed E-state index contributed by atoms with van der Waals surface area (Å²) < 4.78 is 10.1. The number of thiocarbonyl (C=S) groups is 1. The van der Waals surface area contributed by atoms with Crippen molar-refractivity contribution < 1.29 is 14.3 Å². The van der Waals surface area contributed by atoms with E-state index in [4.69, 9.17) is 27.4 Å². The molecule has 0 spiro atoms. The Morgan fingerprint density at radius 1 is 1.63 bits per heavy atom. The summed E-state index contributed by atoms with van der Waals surface area (Å²) in [6.45, 7) is 1.43. The van der Waals surface area contributed by atoms with Gasteiger partial charge in [0.2, 0.25) is 0 Å². The van der Waals surface area contributed by atoms with Gasteiger partial charge in [-0.15, -0.1) is 0 Å². The van der Waals surface area contributed by atoms with Gasteiger partial charge >= 0.3 is 5.97 Å². The highest BCUT2D eigenvalue weighted by molar-refractivity contribution is 7.80. The molecule has 0 radical (unpaired) electrons. The molecule has 2 heterocycles. The van der Waals surface area contributed by atoms with Crippen LogP contribution in [0.4, 0.5) is 5.82 Å². The van der Waals surface area contributed by atoms with E-state index in [0.717, 1.165) is 0 Å². The van der Waals surface area contributed by atoms with Crippen LogP contribution in [0.2, 0.25) is 0 Å². The van der Waals surface area contributed by atoms with E-state index in [1.54, 1.807) is 18.3 Å². The lowest BCUT2D eigenvalue weighted by Gasteiger charge is -2.34. The first-order valence-electron chi connectivity index (χ1n) is 5.81. The van der Waals surface area contributed by atoms with E-state index in [1.165, 1.54) is 7.11 Å². The monoisotopic (exact) mass is 281 g/mol. The number of carbonyl (C=O) groups excluding carboxylic acids is 1. The Morgan fingerprint density at radius 3 is 3.00 bits per heavy atom. The minimum absolute atomic E-state index is 0.297. The number of rotatable bonds is 3. The first kappa shape index (κ1) is 13.7. The number of esters is 1. The fourth-order valence-corrected chi connectivity index (χ4v) is 2.03. The maximum atomic E-state index is 11.7. The van der Waals surface area contributed by atoms with Gasteiger partial charge in [-0.3, -0.25) is 0 Å². The Balaban J connectivity index is 2.22. The van der Waals surface area contributed by atoms with Gasteiger partial charge in [-0.25, -0.2) is 9.78 Å².